The van der Waals surface area contributed by atoms with Crippen LogP contribution in [0, 0.1) is 11.8 Å². The van der Waals surface area contributed by atoms with E-state index in [9.17, 15) is 14.4 Å². The van der Waals surface area contributed by atoms with E-state index in [2.05, 4.69) is 32.6 Å². The average Bonchev–Trinajstić information content (AvgIpc) is 3.69. The number of carbonyl (C=O) groups excluding carboxylic acids is 3. The molecule has 0 amide bonds. The fourth-order valence-electron chi connectivity index (χ4n) is 8.36. The highest BCUT2D eigenvalue weighted by Gasteiger charge is 2.20. The summed E-state index contributed by atoms with van der Waals surface area (Å²) in [7, 11) is 0. The molecule has 56 heavy (non-hydrogen) atoms. The lowest BCUT2D eigenvalue weighted by Gasteiger charge is -2.20. The van der Waals surface area contributed by atoms with Gasteiger partial charge < -0.3 is 14.2 Å². The van der Waals surface area contributed by atoms with Crippen LogP contribution >= 0.6 is 0 Å². The van der Waals surface area contributed by atoms with E-state index in [0.717, 1.165) is 116 Å². The van der Waals surface area contributed by atoms with Crippen molar-refractivity contribution in [2.24, 2.45) is 11.8 Å². The summed E-state index contributed by atoms with van der Waals surface area (Å²) in [5.41, 5.74) is 0. The Bertz CT molecular complexity index is 829. The third kappa shape index (κ3) is 32.3. The van der Waals surface area contributed by atoms with E-state index < -0.39 is 0 Å². The first-order chi connectivity index (χ1) is 27.4. The van der Waals surface area contributed by atoms with Crippen molar-refractivity contribution in [3.63, 3.8) is 0 Å². The summed E-state index contributed by atoms with van der Waals surface area (Å²) in [6.45, 7) is 12.5. The van der Waals surface area contributed by atoms with Gasteiger partial charge in [-0.25, -0.2) is 0 Å². The second-order valence-corrected chi connectivity index (χ2v) is 17.5. The molecule has 1 aliphatic rings. The molecule has 330 valence electrons. The molecule has 0 aromatic heterocycles. The number of esters is 3. The minimum absolute atomic E-state index is 0.000636. The molecular weight excluding hydrogens is 699 g/mol. The SMILES string of the molecule is CCCCCC(CCCCC)CC(=O)OCCCCCCCCC(CCCCCCCCOC(=O)CC(CCCCC)CCCCC)OC(=O)CN1CCCC1. The molecule has 0 unspecified atom stereocenters. The summed E-state index contributed by atoms with van der Waals surface area (Å²) in [5, 5.41) is 0. The quantitative estimate of drug-likeness (QED) is 0.0346. The van der Waals surface area contributed by atoms with Gasteiger partial charge in [0.15, 0.2) is 0 Å². The van der Waals surface area contributed by atoms with Crippen molar-refractivity contribution in [2.45, 2.75) is 252 Å². The fourth-order valence-corrected chi connectivity index (χ4v) is 8.36. The molecular formula is C49H93NO6. The maximum absolute atomic E-state index is 12.8. The first kappa shape index (κ1) is 52.4. The van der Waals surface area contributed by atoms with Crippen LogP contribution < -0.4 is 0 Å². The van der Waals surface area contributed by atoms with Gasteiger partial charge in [-0.1, -0.05) is 156 Å². The highest BCUT2D eigenvalue weighted by Crippen LogP contribution is 2.24. The molecule has 0 aromatic carbocycles. The number of hydrogen-bond donors (Lipinski definition) is 0. The maximum Gasteiger partial charge on any atom is 0.320 e. The largest absolute Gasteiger partial charge is 0.466 e. The second-order valence-electron chi connectivity index (χ2n) is 17.5. The second kappa shape index (κ2) is 38.9. The summed E-state index contributed by atoms with van der Waals surface area (Å²) >= 11 is 0. The minimum atomic E-state index is -0.0533. The highest BCUT2D eigenvalue weighted by atomic mass is 16.5. The maximum atomic E-state index is 12.8. The number of likely N-dealkylation sites (tertiary alicyclic amines) is 1. The van der Waals surface area contributed by atoms with Crippen LogP contribution in [-0.2, 0) is 28.6 Å². The third-order valence-electron chi connectivity index (χ3n) is 12.0. The van der Waals surface area contributed by atoms with Crippen molar-refractivity contribution in [3.05, 3.63) is 0 Å². The van der Waals surface area contributed by atoms with E-state index in [0.29, 0.717) is 44.4 Å². The lowest BCUT2D eigenvalue weighted by molar-refractivity contribution is -0.151. The Morgan fingerprint density at radius 2 is 0.768 bits per heavy atom. The Kier molecular flexibility index (Phi) is 36.4. The molecule has 7 heteroatoms. The van der Waals surface area contributed by atoms with Crippen LogP contribution in [0.4, 0.5) is 0 Å². The molecule has 0 N–H and O–H groups in total. The predicted molar refractivity (Wildman–Crippen MR) is 235 cm³/mol. The Morgan fingerprint density at radius 1 is 0.429 bits per heavy atom. The lowest BCUT2D eigenvalue weighted by atomic mass is 9.92. The van der Waals surface area contributed by atoms with Gasteiger partial charge in [-0.2, -0.15) is 0 Å². The van der Waals surface area contributed by atoms with Crippen molar-refractivity contribution in [3.8, 4) is 0 Å². The molecule has 1 saturated heterocycles. The standard InChI is InChI=1S/C49H93NO6/c1-5-9-21-31-44(32-22-10-6-2)41-47(51)54-39-29-19-15-13-17-25-35-46(56-49(53)43-50-37-27-28-38-50)36-26-18-14-16-20-30-40-55-48(52)42-45(33-23-11-7-3)34-24-12-8-4/h44-46H,5-43H2,1-4H3. The van der Waals surface area contributed by atoms with Gasteiger partial charge in [0.1, 0.15) is 6.10 Å². The molecule has 1 aliphatic heterocycles. The first-order valence-electron chi connectivity index (χ1n) is 24.6. The normalized spacial score (nSPS) is 13.3. The summed E-state index contributed by atoms with van der Waals surface area (Å²) in [6.07, 6.45) is 38.1. The number of unbranched alkanes of at least 4 members (excludes halogenated alkanes) is 18. The Balaban J connectivity index is 2.25. The van der Waals surface area contributed by atoms with Crippen LogP contribution in [0.15, 0.2) is 0 Å². The van der Waals surface area contributed by atoms with Crippen LogP contribution in [0.25, 0.3) is 0 Å². The topological polar surface area (TPSA) is 82.1 Å². The van der Waals surface area contributed by atoms with E-state index in [1.54, 1.807) is 0 Å². The van der Waals surface area contributed by atoms with Gasteiger partial charge in [-0.15, -0.1) is 0 Å². The molecule has 0 aromatic rings. The van der Waals surface area contributed by atoms with E-state index in [4.69, 9.17) is 14.2 Å². The Hall–Kier alpha value is -1.63. The molecule has 0 aliphatic carbocycles. The Morgan fingerprint density at radius 3 is 1.14 bits per heavy atom. The van der Waals surface area contributed by atoms with Gasteiger partial charge in [0, 0.05) is 12.8 Å². The zero-order valence-electron chi connectivity index (χ0n) is 37.7. The number of rotatable bonds is 41. The van der Waals surface area contributed by atoms with E-state index in [1.165, 1.54) is 103 Å². The van der Waals surface area contributed by atoms with Crippen LogP contribution in [-0.4, -0.2) is 61.8 Å². The molecule has 1 fully saturated rings. The summed E-state index contributed by atoms with van der Waals surface area (Å²) in [6, 6.07) is 0. The zero-order valence-corrected chi connectivity index (χ0v) is 37.7. The van der Waals surface area contributed by atoms with Crippen LogP contribution in [0.1, 0.15) is 246 Å². The molecule has 1 rings (SSSR count). The van der Waals surface area contributed by atoms with Gasteiger partial charge in [-0.05, 0) is 102 Å². The van der Waals surface area contributed by atoms with E-state index >= 15 is 0 Å². The van der Waals surface area contributed by atoms with Crippen molar-refractivity contribution >= 4 is 17.9 Å². The number of ether oxygens (including phenoxy) is 3. The number of carbonyl (C=O) groups is 3. The van der Waals surface area contributed by atoms with Gasteiger partial charge in [0.05, 0.1) is 19.8 Å². The monoisotopic (exact) mass is 792 g/mol. The van der Waals surface area contributed by atoms with Crippen LogP contribution in [0.3, 0.4) is 0 Å². The Labute approximate surface area is 347 Å². The molecule has 7 nitrogen and oxygen atoms in total. The smallest absolute Gasteiger partial charge is 0.320 e. The average molecular weight is 792 g/mol. The predicted octanol–water partition coefficient (Wildman–Crippen LogP) is 13.9. The van der Waals surface area contributed by atoms with E-state index in [1.807, 2.05) is 0 Å². The number of nitrogens with zero attached hydrogens (tertiary/aromatic N) is 1. The summed E-state index contributed by atoms with van der Waals surface area (Å²) in [5.74, 6) is 0.923. The number of hydrogen-bond acceptors (Lipinski definition) is 7. The molecule has 0 atom stereocenters. The van der Waals surface area contributed by atoms with E-state index in [-0.39, 0.29) is 24.0 Å². The fraction of sp³-hybridized carbons (Fsp3) is 0.939. The van der Waals surface area contributed by atoms with Crippen LogP contribution in [0.2, 0.25) is 0 Å². The van der Waals surface area contributed by atoms with Crippen LogP contribution in [0.5, 0.6) is 0 Å². The molecule has 0 radical (unpaired) electrons. The summed E-state index contributed by atoms with van der Waals surface area (Å²) in [4.78, 5) is 40.1. The lowest BCUT2D eigenvalue weighted by Crippen LogP contribution is -2.31. The molecule has 0 spiro atoms. The minimum Gasteiger partial charge on any atom is -0.466 e. The van der Waals surface area contributed by atoms with Gasteiger partial charge in [0.25, 0.3) is 0 Å². The van der Waals surface area contributed by atoms with Crippen molar-refractivity contribution in [2.75, 3.05) is 32.8 Å². The molecule has 0 saturated carbocycles. The molecule has 1 heterocycles. The third-order valence-corrected chi connectivity index (χ3v) is 12.0. The van der Waals surface area contributed by atoms with Crippen molar-refractivity contribution in [1.82, 2.24) is 4.90 Å². The van der Waals surface area contributed by atoms with Gasteiger partial charge in [0.2, 0.25) is 0 Å². The van der Waals surface area contributed by atoms with Gasteiger partial charge in [-0.3, -0.25) is 19.3 Å². The first-order valence-corrected chi connectivity index (χ1v) is 24.6. The zero-order chi connectivity index (χ0) is 40.7. The van der Waals surface area contributed by atoms with Crippen molar-refractivity contribution < 1.29 is 28.6 Å². The highest BCUT2D eigenvalue weighted by molar-refractivity contribution is 5.72. The molecule has 0 bridgehead atoms. The van der Waals surface area contributed by atoms with Gasteiger partial charge >= 0.3 is 17.9 Å². The summed E-state index contributed by atoms with van der Waals surface area (Å²) < 4.78 is 17.4. The van der Waals surface area contributed by atoms with Crippen molar-refractivity contribution in [1.29, 1.82) is 0 Å².